The van der Waals surface area contributed by atoms with Crippen molar-refractivity contribution in [3.05, 3.63) is 66.0 Å². The van der Waals surface area contributed by atoms with Crippen LogP contribution in [0.1, 0.15) is 30.2 Å². The van der Waals surface area contributed by atoms with Crippen molar-refractivity contribution in [2.75, 3.05) is 17.7 Å². The Labute approximate surface area is 190 Å². The topological polar surface area (TPSA) is 111 Å². The monoisotopic (exact) mass is 438 g/mol. The number of rotatable bonds is 5. The number of nitrogens with zero attached hydrogens (tertiary/aromatic N) is 6. The first kappa shape index (κ1) is 20.6. The van der Waals surface area contributed by atoms with Crippen LogP contribution < -0.4 is 10.6 Å². The van der Waals surface area contributed by atoms with Crippen LogP contribution in [0.2, 0.25) is 0 Å². The van der Waals surface area contributed by atoms with E-state index in [1.165, 1.54) is 0 Å². The van der Waals surface area contributed by atoms with Crippen molar-refractivity contribution in [1.29, 1.82) is 0 Å². The molecule has 0 bridgehead atoms. The van der Waals surface area contributed by atoms with Crippen molar-refractivity contribution in [2.45, 2.75) is 19.9 Å². The predicted molar refractivity (Wildman–Crippen MR) is 124 cm³/mol. The molecule has 164 valence electrons. The molecule has 1 amide bonds. The zero-order valence-corrected chi connectivity index (χ0v) is 18.3. The summed E-state index contributed by atoms with van der Waals surface area (Å²) in [7, 11) is 1.81. The summed E-state index contributed by atoms with van der Waals surface area (Å²) in [6.07, 6.45) is 9.40. The molecule has 0 radical (unpaired) electrons. The van der Waals surface area contributed by atoms with Crippen LogP contribution in [0, 0.1) is 23.7 Å². The maximum atomic E-state index is 12.3. The molecule has 1 fully saturated rings. The normalized spacial score (nSPS) is 16.7. The van der Waals surface area contributed by atoms with Gasteiger partial charge in [-0.3, -0.25) is 4.79 Å². The summed E-state index contributed by atoms with van der Waals surface area (Å²) in [6, 6.07) is 5.67. The van der Waals surface area contributed by atoms with Gasteiger partial charge in [-0.05, 0) is 36.0 Å². The van der Waals surface area contributed by atoms with Crippen molar-refractivity contribution in [1.82, 2.24) is 29.9 Å². The number of anilines is 2. The molecule has 0 saturated heterocycles. The van der Waals surface area contributed by atoms with Gasteiger partial charge in [-0.25, -0.2) is 15.0 Å². The van der Waals surface area contributed by atoms with Crippen LogP contribution in [0.25, 0.3) is 10.8 Å². The van der Waals surface area contributed by atoms with E-state index in [-0.39, 0.29) is 11.8 Å². The summed E-state index contributed by atoms with van der Waals surface area (Å²) < 4.78 is 0. The van der Waals surface area contributed by atoms with Crippen LogP contribution >= 0.6 is 0 Å². The number of hydrogen-bond donors (Lipinski definition) is 2. The van der Waals surface area contributed by atoms with Crippen LogP contribution in [-0.4, -0.2) is 42.9 Å². The highest BCUT2D eigenvalue weighted by Crippen LogP contribution is 2.38. The minimum Gasteiger partial charge on any atom is -0.373 e. The van der Waals surface area contributed by atoms with Crippen molar-refractivity contribution in [3.63, 3.8) is 0 Å². The van der Waals surface area contributed by atoms with Gasteiger partial charge in [-0.1, -0.05) is 18.9 Å². The first-order valence-electron chi connectivity index (χ1n) is 10.7. The fourth-order valence-electron chi connectivity index (χ4n) is 3.62. The molecule has 9 nitrogen and oxygen atoms in total. The third-order valence-electron chi connectivity index (χ3n) is 5.65. The number of amides is 1. The molecule has 4 heterocycles. The van der Waals surface area contributed by atoms with E-state index < -0.39 is 0 Å². The molecule has 0 unspecified atom stereocenters. The minimum absolute atomic E-state index is 0.0134. The standard InChI is InChI=1S/C24H22N8O/c1-15-9-19(15)24(33)31-22-10-20-17(12-28-23(25-2)21(20)13-27-22)4-6-18-5-3-16(11-26-18)14-32-29-7-8-30-32/h3,5,7-8,10-13,15,19H,9,14H2,1-2H3,(H,25,28)(H,27,31,33)/t15-,19+/m1/s1. The molecule has 9 heteroatoms. The smallest absolute Gasteiger partial charge is 0.228 e. The molecule has 4 aromatic heterocycles. The SMILES string of the molecule is CNc1ncc(C#Cc2ccc(Cn3nccn3)cn2)c2cc(NC(=O)[C@H]3C[C@H]3C)ncc12. The number of nitrogens with one attached hydrogen (secondary N) is 2. The second kappa shape index (κ2) is 8.67. The van der Waals surface area contributed by atoms with E-state index in [1.807, 2.05) is 25.2 Å². The van der Waals surface area contributed by atoms with Crippen LogP contribution in [0.15, 0.2) is 49.2 Å². The third-order valence-corrected chi connectivity index (χ3v) is 5.65. The van der Waals surface area contributed by atoms with Gasteiger partial charge in [0.2, 0.25) is 5.91 Å². The number of hydrogen-bond acceptors (Lipinski definition) is 7. The summed E-state index contributed by atoms with van der Waals surface area (Å²) in [6.45, 7) is 2.63. The molecule has 1 aliphatic rings. The van der Waals surface area contributed by atoms with Crippen LogP contribution in [-0.2, 0) is 11.3 Å². The molecule has 1 saturated carbocycles. The quantitative estimate of drug-likeness (QED) is 0.461. The Morgan fingerprint density at radius 3 is 2.61 bits per heavy atom. The number of fused-ring (bicyclic) bond motifs is 1. The van der Waals surface area contributed by atoms with Gasteiger partial charge in [0.25, 0.3) is 0 Å². The number of pyridine rings is 3. The molecule has 2 N–H and O–H groups in total. The number of carbonyl (C=O) groups excluding carboxylic acids is 1. The summed E-state index contributed by atoms with van der Waals surface area (Å²) >= 11 is 0. The van der Waals surface area contributed by atoms with Gasteiger partial charge in [0.15, 0.2) is 0 Å². The van der Waals surface area contributed by atoms with Crippen molar-refractivity contribution < 1.29 is 4.79 Å². The largest absolute Gasteiger partial charge is 0.373 e. The fraction of sp³-hybridized carbons (Fsp3) is 0.250. The van der Waals surface area contributed by atoms with Gasteiger partial charge in [-0.15, -0.1) is 0 Å². The van der Waals surface area contributed by atoms with Crippen LogP contribution in [0.4, 0.5) is 11.6 Å². The van der Waals surface area contributed by atoms with Gasteiger partial charge >= 0.3 is 0 Å². The Bertz CT molecular complexity index is 1370. The third kappa shape index (κ3) is 4.50. The summed E-state index contributed by atoms with van der Waals surface area (Å²) in [5.74, 6) is 8.01. The maximum absolute atomic E-state index is 12.3. The second-order valence-corrected chi connectivity index (χ2v) is 8.06. The molecular weight excluding hydrogens is 416 g/mol. The molecular formula is C24H22N8O. The molecule has 4 aromatic rings. The molecule has 0 spiro atoms. The van der Waals surface area contributed by atoms with Crippen LogP contribution in [0.3, 0.4) is 0 Å². The summed E-state index contributed by atoms with van der Waals surface area (Å²) in [5, 5.41) is 15.9. The average Bonchev–Trinajstić information content (AvgIpc) is 3.34. The lowest BCUT2D eigenvalue weighted by Gasteiger charge is -2.09. The van der Waals surface area contributed by atoms with E-state index in [0.29, 0.717) is 29.8 Å². The summed E-state index contributed by atoms with van der Waals surface area (Å²) in [4.78, 5) is 27.2. The molecule has 2 atom stereocenters. The Balaban J connectivity index is 1.42. The number of carbonyl (C=O) groups is 1. The lowest BCUT2D eigenvalue weighted by Crippen LogP contribution is -2.15. The first-order valence-corrected chi connectivity index (χ1v) is 10.7. The van der Waals surface area contributed by atoms with Crippen molar-refractivity contribution in [3.8, 4) is 11.8 Å². The van der Waals surface area contributed by atoms with E-state index in [2.05, 4.69) is 54.5 Å². The van der Waals surface area contributed by atoms with E-state index in [9.17, 15) is 4.79 Å². The first-order chi connectivity index (χ1) is 16.1. The predicted octanol–water partition coefficient (Wildman–Crippen LogP) is 2.70. The van der Waals surface area contributed by atoms with Gasteiger partial charge in [0.05, 0.1) is 24.5 Å². The van der Waals surface area contributed by atoms with Crippen molar-refractivity contribution in [2.24, 2.45) is 11.8 Å². The Kier molecular flexibility index (Phi) is 5.40. The van der Waals surface area contributed by atoms with Gasteiger partial charge in [0.1, 0.15) is 17.3 Å². The van der Waals surface area contributed by atoms with Crippen molar-refractivity contribution >= 4 is 28.3 Å². The van der Waals surface area contributed by atoms with Gasteiger partial charge in [0, 0.05) is 42.3 Å². The summed E-state index contributed by atoms with van der Waals surface area (Å²) in [5.41, 5.74) is 2.36. The highest BCUT2D eigenvalue weighted by molar-refractivity contribution is 5.99. The Hall–Kier alpha value is -4.32. The highest BCUT2D eigenvalue weighted by Gasteiger charge is 2.39. The Morgan fingerprint density at radius 2 is 1.91 bits per heavy atom. The Morgan fingerprint density at radius 1 is 1.09 bits per heavy atom. The zero-order chi connectivity index (χ0) is 22.8. The second-order valence-electron chi connectivity index (χ2n) is 8.06. The minimum atomic E-state index is 0.0134. The highest BCUT2D eigenvalue weighted by atomic mass is 16.2. The van der Waals surface area contributed by atoms with E-state index in [0.717, 1.165) is 28.3 Å². The fourth-order valence-corrected chi connectivity index (χ4v) is 3.62. The van der Waals surface area contributed by atoms with E-state index in [1.54, 1.807) is 35.8 Å². The lowest BCUT2D eigenvalue weighted by molar-refractivity contribution is -0.117. The van der Waals surface area contributed by atoms with E-state index >= 15 is 0 Å². The molecule has 33 heavy (non-hydrogen) atoms. The molecule has 0 aromatic carbocycles. The molecule has 1 aliphatic carbocycles. The van der Waals surface area contributed by atoms with Gasteiger partial charge in [-0.2, -0.15) is 15.0 Å². The molecule has 5 rings (SSSR count). The lowest BCUT2D eigenvalue weighted by atomic mass is 10.1. The zero-order valence-electron chi connectivity index (χ0n) is 18.3. The number of aromatic nitrogens is 6. The average molecular weight is 438 g/mol. The van der Waals surface area contributed by atoms with Gasteiger partial charge < -0.3 is 10.6 Å². The van der Waals surface area contributed by atoms with Crippen LogP contribution in [0.5, 0.6) is 0 Å². The molecule has 0 aliphatic heterocycles. The van der Waals surface area contributed by atoms with E-state index in [4.69, 9.17) is 0 Å². The maximum Gasteiger partial charge on any atom is 0.228 e.